The summed E-state index contributed by atoms with van der Waals surface area (Å²) in [7, 11) is 0. The van der Waals surface area contributed by atoms with Crippen molar-refractivity contribution >= 4 is 68.9 Å². The van der Waals surface area contributed by atoms with E-state index in [0.29, 0.717) is 17.7 Å². The molecule has 8 amide bonds. The average Bonchev–Trinajstić information content (AvgIpc) is 3.98. The third-order valence-corrected chi connectivity index (χ3v) is 11.2. The third-order valence-electron chi connectivity index (χ3n) is 11.2. The molecule has 3 heterocycles. The van der Waals surface area contributed by atoms with Gasteiger partial charge in [-0.3, -0.25) is 38.4 Å². The van der Waals surface area contributed by atoms with Gasteiger partial charge in [0.05, 0.1) is 18.6 Å². The lowest BCUT2D eigenvalue weighted by Gasteiger charge is -2.26. The van der Waals surface area contributed by atoms with Gasteiger partial charge in [0.1, 0.15) is 30.2 Å². The summed E-state index contributed by atoms with van der Waals surface area (Å²) in [5.41, 5.74) is 2.68. The molecule has 1 aliphatic rings. The van der Waals surface area contributed by atoms with Crippen molar-refractivity contribution in [1.29, 1.82) is 0 Å². The Morgan fingerprint density at radius 3 is 2.23 bits per heavy atom. The van der Waals surface area contributed by atoms with E-state index < -0.39 is 84.0 Å². The second kappa shape index (κ2) is 23.4. The summed E-state index contributed by atoms with van der Waals surface area (Å²) in [6.45, 7) is 2.62. The molecule has 0 bridgehead atoms. The number of amides is 8. The summed E-state index contributed by atoms with van der Waals surface area (Å²) >= 11 is 0. The summed E-state index contributed by atoms with van der Waals surface area (Å²) in [6, 6.07) is 14.7. The topological polar surface area (TPSA) is 277 Å². The number of carbonyl (C=O) groups excluding carboxylic acids is 8. The number of aromatic nitrogens is 3. The Morgan fingerprint density at radius 2 is 1.45 bits per heavy atom. The Labute approximate surface area is 381 Å². The van der Waals surface area contributed by atoms with Crippen molar-refractivity contribution in [3.8, 4) is 0 Å². The van der Waals surface area contributed by atoms with Crippen molar-refractivity contribution in [1.82, 2.24) is 57.5 Å². The standard InChI is InChI=1S/C47H57N11O8/c1-3-4-12-36(54-28(2)59)45(64)56-37-16-17-41(60)49-18-19-50-43(62)39(22-32-24-51-35-13-8-7-11-34(32)35)55-42(61)26-52-44(63)38(21-29-14-15-30-9-5-6-10-31(30)20-29)57-47(66)40(58-46(37)65)23-33-25-48-27-53-33/h5-11,13-15,20,24-25,27,36-40,51H,3-4,12,16-19,21-23,26H2,1-2H3,(H,48,53)(H,49,60)(H,50,62)(H,52,63)(H,54,59)(H,55,61)(H,56,64)(H,57,66)(H,58,65)/t36-,37+,38-,39+,40+/m1/s1. The van der Waals surface area contributed by atoms with E-state index in [4.69, 9.17) is 0 Å². The van der Waals surface area contributed by atoms with Crippen LogP contribution in [-0.4, -0.2) is 112 Å². The molecule has 5 atom stereocenters. The smallest absolute Gasteiger partial charge is 0.243 e. The van der Waals surface area contributed by atoms with Gasteiger partial charge in [0.15, 0.2) is 0 Å². The number of unbranched alkanes of at least 4 members (excludes halogenated alkanes) is 1. The van der Waals surface area contributed by atoms with E-state index in [-0.39, 0.29) is 51.6 Å². The quantitative estimate of drug-likeness (QED) is 0.0849. The normalized spacial score (nSPS) is 20.1. The lowest BCUT2D eigenvalue weighted by molar-refractivity contribution is -0.135. The van der Waals surface area contributed by atoms with Crippen LogP contribution in [0.4, 0.5) is 0 Å². The molecule has 66 heavy (non-hydrogen) atoms. The Morgan fingerprint density at radius 1 is 0.742 bits per heavy atom. The molecular formula is C47H57N11O8. The lowest BCUT2D eigenvalue weighted by atomic mass is 10.0. The summed E-state index contributed by atoms with van der Waals surface area (Å²) in [6.07, 6.45) is 5.79. The van der Waals surface area contributed by atoms with Gasteiger partial charge in [0.2, 0.25) is 47.3 Å². The molecule has 1 fully saturated rings. The van der Waals surface area contributed by atoms with Crippen molar-refractivity contribution in [3.05, 3.63) is 102 Å². The molecule has 19 heteroatoms. The van der Waals surface area contributed by atoms with Gasteiger partial charge in [-0.05, 0) is 40.8 Å². The minimum Gasteiger partial charge on any atom is -0.361 e. The first kappa shape index (κ1) is 47.9. The SMILES string of the molecule is CCCC[C@@H](NC(C)=O)C(=O)N[C@H]1CCC(=O)NCCNC(=O)[C@H](Cc2c[nH]c3ccccc23)NC(=O)CNC(=O)[C@@H](Cc2ccc3ccccc3c2)NC(=O)[C@H](Cc2c[nH]cn2)NC1=O. The van der Waals surface area contributed by atoms with Crippen molar-refractivity contribution in [3.63, 3.8) is 0 Å². The van der Waals surface area contributed by atoms with E-state index in [9.17, 15) is 38.4 Å². The van der Waals surface area contributed by atoms with Crippen LogP contribution in [0.15, 0.2) is 85.5 Å². The summed E-state index contributed by atoms with van der Waals surface area (Å²) in [4.78, 5) is 119. The highest BCUT2D eigenvalue weighted by atomic mass is 16.2. The van der Waals surface area contributed by atoms with Gasteiger partial charge >= 0.3 is 0 Å². The highest BCUT2D eigenvalue weighted by Gasteiger charge is 2.33. The number of fused-ring (bicyclic) bond motifs is 2. The highest BCUT2D eigenvalue weighted by Crippen LogP contribution is 2.20. The summed E-state index contributed by atoms with van der Waals surface area (Å²) in [5.74, 6) is -5.12. The van der Waals surface area contributed by atoms with E-state index in [0.717, 1.165) is 33.7 Å². The summed E-state index contributed by atoms with van der Waals surface area (Å²) in [5, 5.41) is 24.3. The molecule has 0 unspecified atom stereocenters. The predicted molar refractivity (Wildman–Crippen MR) is 245 cm³/mol. The van der Waals surface area contributed by atoms with Gasteiger partial charge in [-0.25, -0.2) is 4.98 Å². The molecule has 348 valence electrons. The van der Waals surface area contributed by atoms with Crippen LogP contribution in [0, 0.1) is 0 Å². The van der Waals surface area contributed by atoms with Crippen molar-refractivity contribution in [2.45, 2.75) is 95.4 Å². The highest BCUT2D eigenvalue weighted by molar-refractivity contribution is 5.97. The van der Waals surface area contributed by atoms with Crippen molar-refractivity contribution < 1.29 is 38.4 Å². The molecule has 10 N–H and O–H groups in total. The molecule has 0 aliphatic carbocycles. The maximum Gasteiger partial charge on any atom is 0.243 e. The predicted octanol–water partition coefficient (Wildman–Crippen LogP) is 0.849. The second-order valence-corrected chi connectivity index (χ2v) is 16.3. The largest absolute Gasteiger partial charge is 0.361 e. The molecule has 0 radical (unpaired) electrons. The van der Waals surface area contributed by atoms with E-state index in [1.165, 1.54) is 19.4 Å². The first-order chi connectivity index (χ1) is 31.9. The average molecular weight is 904 g/mol. The van der Waals surface area contributed by atoms with Gasteiger partial charge in [0.25, 0.3) is 0 Å². The molecule has 0 spiro atoms. The van der Waals surface area contributed by atoms with E-state index in [1.807, 2.05) is 73.7 Å². The molecule has 1 aliphatic heterocycles. The molecule has 5 aromatic rings. The Kier molecular flexibility index (Phi) is 17.0. The number of carbonyl (C=O) groups is 8. The first-order valence-electron chi connectivity index (χ1n) is 22.2. The maximum atomic E-state index is 14.4. The fourth-order valence-corrected chi connectivity index (χ4v) is 7.78. The number of H-pyrrole nitrogens is 2. The first-order valence-corrected chi connectivity index (χ1v) is 22.2. The fourth-order valence-electron chi connectivity index (χ4n) is 7.78. The van der Waals surface area contributed by atoms with E-state index in [2.05, 4.69) is 57.5 Å². The maximum absolute atomic E-state index is 14.4. The van der Waals surface area contributed by atoms with Crippen LogP contribution in [-0.2, 0) is 57.6 Å². The van der Waals surface area contributed by atoms with Gasteiger partial charge in [-0.15, -0.1) is 0 Å². The molecule has 19 nitrogen and oxygen atoms in total. The monoisotopic (exact) mass is 903 g/mol. The molecular weight excluding hydrogens is 847 g/mol. The van der Waals surface area contributed by atoms with Crippen LogP contribution >= 0.6 is 0 Å². The number of para-hydroxylation sites is 1. The number of benzene rings is 3. The zero-order valence-corrected chi connectivity index (χ0v) is 37.0. The third kappa shape index (κ3) is 13.7. The Balaban J connectivity index is 1.30. The number of nitrogens with one attached hydrogen (secondary N) is 10. The van der Waals surface area contributed by atoms with Crippen molar-refractivity contribution in [2.75, 3.05) is 19.6 Å². The van der Waals surface area contributed by atoms with Crippen molar-refractivity contribution in [2.24, 2.45) is 0 Å². The molecule has 2 aromatic heterocycles. The number of aromatic amines is 2. The zero-order valence-electron chi connectivity index (χ0n) is 37.0. The van der Waals surface area contributed by atoms with Crippen LogP contribution in [0.2, 0.25) is 0 Å². The lowest BCUT2D eigenvalue weighted by Crippen LogP contribution is -2.59. The van der Waals surface area contributed by atoms with Crippen LogP contribution in [0.3, 0.4) is 0 Å². The summed E-state index contributed by atoms with van der Waals surface area (Å²) < 4.78 is 0. The van der Waals surface area contributed by atoms with Crippen LogP contribution in [0.1, 0.15) is 62.8 Å². The number of hydrogen-bond donors (Lipinski definition) is 10. The zero-order chi connectivity index (χ0) is 47.0. The van der Waals surface area contributed by atoms with Crippen LogP contribution in [0.5, 0.6) is 0 Å². The van der Waals surface area contributed by atoms with E-state index >= 15 is 0 Å². The minimum atomic E-state index is -1.36. The van der Waals surface area contributed by atoms with E-state index in [1.54, 1.807) is 6.20 Å². The number of hydrogen-bond acceptors (Lipinski definition) is 9. The van der Waals surface area contributed by atoms with Gasteiger partial charge in [0, 0.05) is 69.0 Å². The number of imidazole rings is 1. The Hall–Kier alpha value is -7.57. The van der Waals surface area contributed by atoms with Crippen LogP contribution in [0.25, 0.3) is 21.7 Å². The molecule has 1 saturated heterocycles. The van der Waals surface area contributed by atoms with Gasteiger partial charge in [-0.2, -0.15) is 0 Å². The molecule has 3 aromatic carbocycles. The molecule has 0 saturated carbocycles. The number of nitrogens with zero attached hydrogens (tertiary/aromatic N) is 1. The second-order valence-electron chi connectivity index (χ2n) is 16.3. The Bertz CT molecular complexity index is 2520. The van der Waals surface area contributed by atoms with Gasteiger partial charge in [-0.1, -0.05) is 80.4 Å². The number of rotatable bonds is 12. The molecule has 6 rings (SSSR count). The minimum absolute atomic E-state index is 0.0102. The van der Waals surface area contributed by atoms with Crippen LogP contribution < -0.4 is 42.5 Å². The van der Waals surface area contributed by atoms with Gasteiger partial charge < -0.3 is 52.5 Å². The fraction of sp³-hybridized carbons (Fsp3) is 0.383.